The van der Waals surface area contributed by atoms with Crippen LogP contribution in [0.2, 0.25) is 0 Å². The van der Waals surface area contributed by atoms with Crippen molar-refractivity contribution in [2.24, 2.45) is 40.9 Å². The molecule has 0 saturated carbocycles. The van der Waals surface area contributed by atoms with Crippen LogP contribution in [0.4, 0.5) is 61.7 Å². The fourth-order valence-electron chi connectivity index (χ4n) is 8.41. The van der Waals surface area contributed by atoms with Crippen LogP contribution in [0, 0.1) is 27.7 Å². The molecule has 41 heteroatoms. The lowest BCUT2D eigenvalue weighted by atomic mass is 10.1. The van der Waals surface area contributed by atoms with E-state index in [4.69, 9.17) is 28.4 Å². The Hall–Kier alpha value is -8.75. The van der Waals surface area contributed by atoms with E-state index in [1.807, 2.05) is 0 Å². The molecule has 0 bridgehead atoms. The molecule has 6 aromatic carbocycles. The fraction of sp³-hybridized carbons (Fsp3) is 0.351. The Kier molecular flexibility index (Phi) is 27.3. The molecule has 0 unspecified atom stereocenters. The van der Waals surface area contributed by atoms with Gasteiger partial charge in [-0.15, -0.1) is 20.5 Å². The standard InChI is InChI=1S/C57H68N10O25S6/c1-7-87-39-13-15-41(55(29-39)97(81,82)83)60-62-45-33-53(91-19-11-23-95(75,76)77)49(27-37(45)5)66-64-43-31-51(89-17-9-21-93(69,70)71)47(25-35(43)3)58-57(68)59-48-26-36(4)44(32-52(48)90-18-10-22-94(72,73)74)65-67-50-28-38(6)46(34-54(50)92-20-12-24-96(78,79)80)63-61-42-16-14-40(88-8-2)30-56(42)98(84,85)86/h13-16,25-34H,7-12,17-24H2,1-6H3,(H2,58,59,68)(H,69,70,71)(H,72,73,74)(H,75,76,77)(H,78,79,80)(H,81,82,83)(H,84,85,86). The van der Waals surface area contributed by atoms with Crippen molar-refractivity contribution in [1.29, 1.82) is 0 Å². The number of nitrogens with one attached hydrogen (secondary N) is 2. The molecule has 0 aliphatic heterocycles. The Balaban J connectivity index is 1.35. The zero-order chi connectivity index (χ0) is 72.4. The minimum absolute atomic E-state index is 0.0149. The van der Waals surface area contributed by atoms with Gasteiger partial charge in [-0.1, -0.05) is 0 Å². The van der Waals surface area contributed by atoms with Crippen LogP contribution in [0.15, 0.2) is 136 Å². The number of carbonyl (C=O) groups is 1. The van der Waals surface area contributed by atoms with Crippen molar-refractivity contribution in [2.75, 3.05) is 73.3 Å². The number of amides is 2. The third-order valence-electron chi connectivity index (χ3n) is 13.0. The maximum absolute atomic E-state index is 14.1. The van der Waals surface area contributed by atoms with E-state index >= 15 is 0 Å². The van der Waals surface area contributed by atoms with Crippen molar-refractivity contribution in [3.63, 3.8) is 0 Å². The lowest BCUT2D eigenvalue weighted by Gasteiger charge is -2.17. The van der Waals surface area contributed by atoms with E-state index in [1.54, 1.807) is 41.5 Å². The molecule has 0 saturated heterocycles. The van der Waals surface area contributed by atoms with Crippen molar-refractivity contribution in [2.45, 2.75) is 77.0 Å². The largest absolute Gasteiger partial charge is 0.494 e. The zero-order valence-corrected chi connectivity index (χ0v) is 57.8. The second-order valence-corrected chi connectivity index (χ2v) is 30.0. The van der Waals surface area contributed by atoms with Gasteiger partial charge in [-0.25, -0.2) is 4.79 Å². The van der Waals surface area contributed by atoms with Gasteiger partial charge in [0.1, 0.15) is 67.0 Å². The van der Waals surface area contributed by atoms with Crippen molar-refractivity contribution >= 4 is 124 Å². The van der Waals surface area contributed by atoms with Crippen LogP contribution in [-0.4, -0.2) is 147 Å². The average Bonchev–Trinajstić information content (AvgIpc) is 0.826. The maximum atomic E-state index is 14.1. The van der Waals surface area contributed by atoms with Gasteiger partial charge < -0.3 is 39.1 Å². The number of azo groups is 4. The van der Waals surface area contributed by atoms with Crippen LogP contribution in [-0.2, 0) is 60.7 Å². The summed E-state index contributed by atoms with van der Waals surface area (Å²) < 4.78 is 234. The second-order valence-electron chi connectivity index (χ2n) is 20.9. The number of anilines is 2. The molecule has 2 amide bonds. The van der Waals surface area contributed by atoms with Crippen molar-refractivity contribution in [3.05, 3.63) is 107 Å². The predicted octanol–water partition coefficient (Wildman–Crippen LogP) is 12.1. The van der Waals surface area contributed by atoms with Crippen LogP contribution in [0.1, 0.15) is 61.8 Å². The summed E-state index contributed by atoms with van der Waals surface area (Å²) in [4.78, 5) is 12.9. The molecule has 0 spiro atoms. The van der Waals surface area contributed by atoms with Gasteiger partial charge >= 0.3 is 6.03 Å². The summed E-state index contributed by atoms with van der Waals surface area (Å²) in [6.45, 7) is 8.67. The number of hydrogen-bond acceptors (Lipinski definition) is 27. The van der Waals surface area contributed by atoms with E-state index in [0.717, 1.165) is 12.1 Å². The Morgan fingerprint density at radius 2 is 0.612 bits per heavy atom. The first-order valence-electron chi connectivity index (χ1n) is 28.9. The minimum Gasteiger partial charge on any atom is -0.494 e. The van der Waals surface area contributed by atoms with Crippen LogP contribution >= 0.6 is 0 Å². The molecular formula is C57H68N10O25S6. The molecular weight excluding hydrogens is 1420 g/mol. The van der Waals surface area contributed by atoms with E-state index in [0.29, 0.717) is 22.3 Å². The molecule has 0 atom stereocenters. The monoisotopic (exact) mass is 1480 g/mol. The van der Waals surface area contributed by atoms with Gasteiger partial charge in [-0.05, 0) is 138 Å². The highest BCUT2D eigenvalue weighted by Gasteiger charge is 2.22. The molecule has 0 aromatic heterocycles. The predicted molar refractivity (Wildman–Crippen MR) is 355 cm³/mol. The number of nitrogens with zero attached hydrogens (tertiary/aromatic N) is 8. The molecule has 35 nitrogen and oxygen atoms in total. The van der Waals surface area contributed by atoms with E-state index in [9.17, 15) is 82.6 Å². The lowest BCUT2D eigenvalue weighted by Crippen LogP contribution is -2.21. The van der Waals surface area contributed by atoms with Crippen LogP contribution in [0.3, 0.4) is 0 Å². The Morgan fingerprint density at radius 3 is 0.898 bits per heavy atom. The zero-order valence-electron chi connectivity index (χ0n) is 52.9. The van der Waals surface area contributed by atoms with Crippen molar-refractivity contribution in [1.82, 2.24) is 0 Å². The molecule has 532 valence electrons. The highest BCUT2D eigenvalue weighted by Crippen LogP contribution is 2.43. The van der Waals surface area contributed by atoms with Crippen molar-refractivity contribution < 1.29 is 111 Å². The number of aryl methyl sites for hydroxylation is 4. The summed E-state index contributed by atoms with van der Waals surface area (Å²) >= 11 is 0. The van der Waals surface area contributed by atoms with Gasteiger partial charge in [-0.2, -0.15) is 71.0 Å². The van der Waals surface area contributed by atoms with Gasteiger partial charge in [0.2, 0.25) is 0 Å². The molecule has 6 aromatic rings. The topological polar surface area (TPSA) is 522 Å². The highest BCUT2D eigenvalue weighted by atomic mass is 32.2. The Labute approximate surface area is 564 Å². The SMILES string of the molecule is CCOc1ccc(N=Nc2cc(OCCCS(=O)(=O)O)c(N=Nc3cc(OCCCS(=O)(=O)O)c(NC(=O)Nc4cc(C)c(N=Nc5cc(C)c(N=Nc6ccc(OCC)cc6S(=O)(=O)O)cc5OCCCS(=O)(=O)O)cc4OCCCS(=O)(=O)O)cc3C)cc2C)c(S(=O)(=O)O)c1. The number of hydrogen-bond donors (Lipinski definition) is 8. The summed E-state index contributed by atoms with van der Waals surface area (Å²) in [7, 11) is -27.4. The smallest absolute Gasteiger partial charge is 0.323 e. The number of benzene rings is 6. The molecule has 98 heavy (non-hydrogen) atoms. The first kappa shape index (κ1) is 78.2. The van der Waals surface area contributed by atoms with E-state index in [2.05, 4.69) is 51.5 Å². The molecule has 0 aliphatic rings. The van der Waals surface area contributed by atoms with Gasteiger partial charge in [0.15, 0.2) is 0 Å². The number of carbonyl (C=O) groups excluding carboxylic acids is 1. The second kappa shape index (κ2) is 34.2. The summed E-state index contributed by atoms with van der Waals surface area (Å²) in [5, 5.41) is 39.2. The number of ether oxygens (including phenoxy) is 6. The normalized spacial score (nSPS) is 12.6. The average molecular weight is 1490 g/mol. The third kappa shape index (κ3) is 25.6. The van der Waals surface area contributed by atoms with E-state index in [1.165, 1.54) is 72.8 Å². The van der Waals surface area contributed by atoms with Gasteiger partial charge in [0.05, 0.1) is 96.8 Å². The number of rotatable bonds is 36. The van der Waals surface area contributed by atoms with E-state index < -0.39 is 99.5 Å². The molecule has 0 aliphatic carbocycles. The Bertz CT molecular complexity index is 4470. The first-order valence-corrected chi connectivity index (χ1v) is 38.2. The molecule has 0 heterocycles. The van der Waals surface area contributed by atoms with Gasteiger partial charge in [-0.3, -0.25) is 27.3 Å². The quantitative estimate of drug-likeness (QED) is 0.0103. The van der Waals surface area contributed by atoms with Crippen LogP contribution in [0.5, 0.6) is 34.5 Å². The summed E-state index contributed by atoms with van der Waals surface area (Å²) in [6.07, 6.45) is -0.893. The molecule has 0 radical (unpaired) electrons. The third-order valence-corrected chi connectivity index (χ3v) is 18.0. The lowest BCUT2D eigenvalue weighted by molar-refractivity contribution is 0.261. The van der Waals surface area contributed by atoms with E-state index in [-0.39, 0.29) is 157 Å². The summed E-state index contributed by atoms with van der Waals surface area (Å²) in [5.41, 5.74) is 1.11. The minimum atomic E-state index is -4.83. The van der Waals surface area contributed by atoms with Crippen LogP contribution in [0.25, 0.3) is 0 Å². The summed E-state index contributed by atoms with van der Waals surface area (Å²) in [6, 6.07) is 17.5. The first-order chi connectivity index (χ1) is 45.8. The molecule has 0 fully saturated rings. The van der Waals surface area contributed by atoms with Crippen LogP contribution < -0.4 is 39.1 Å². The molecule has 8 N–H and O–H groups in total. The van der Waals surface area contributed by atoms with Gasteiger partial charge in [0.25, 0.3) is 60.7 Å². The fourth-order valence-corrected chi connectivity index (χ4v) is 11.6. The number of urea groups is 1. The molecule has 6 rings (SSSR count). The van der Waals surface area contributed by atoms with Crippen molar-refractivity contribution in [3.8, 4) is 34.5 Å². The highest BCUT2D eigenvalue weighted by molar-refractivity contribution is 7.87. The Morgan fingerprint density at radius 1 is 0.347 bits per heavy atom. The van der Waals surface area contributed by atoms with Gasteiger partial charge in [0, 0.05) is 36.4 Å². The maximum Gasteiger partial charge on any atom is 0.323 e. The summed E-state index contributed by atoms with van der Waals surface area (Å²) in [5.74, 6) is -2.92.